The van der Waals surface area contributed by atoms with E-state index in [4.69, 9.17) is 4.74 Å². The molecule has 2 aromatic heterocycles. The van der Waals surface area contributed by atoms with Gasteiger partial charge in [0.2, 0.25) is 5.88 Å². The number of aryl methyl sites for hydroxylation is 1. The Balaban J connectivity index is 1.45. The van der Waals surface area contributed by atoms with Gasteiger partial charge in [-0.15, -0.1) is 0 Å². The largest absolute Gasteiger partial charge is 0.439 e. The first-order valence-corrected chi connectivity index (χ1v) is 9.83. The Morgan fingerprint density at radius 3 is 2.62 bits per heavy atom. The van der Waals surface area contributed by atoms with E-state index in [9.17, 15) is 4.79 Å². The lowest BCUT2D eigenvalue weighted by atomic mass is 10.2. The molecule has 8 heteroatoms. The van der Waals surface area contributed by atoms with Crippen molar-refractivity contribution in [2.24, 2.45) is 0 Å². The van der Waals surface area contributed by atoms with Gasteiger partial charge in [0.15, 0.2) is 0 Å². The maximum atomic E-state index is 12.3. The monoisotopic (exact) mass is 497 g/mol. The Bertz CT molecular complexity index is 1160. The summed E-state index contributed by atoms with van der Waals surface area (Å²) in [5, 5.41) is 2.88. The predicted molar refractivity (Wildman–Crippen MR) is 118 cm³/mol. The van der Waals surface area contributed by atoms with Gasteiger partial charge in [-0.05, 0) is 72.0 Å². The fraction of sp³-hybridized carbons (Fsp3) is 0.0476. The molecule has 29 heavy (non-hydrogen) atoms. The lowest BCUT2D eigenvalue weighted by Crippen LogP contribution is -2.11. The molecule has 0 aliphatic carbocycles. The molecule has 0 fully saturated rings. The number of rotatable bonds is 5. The van der Waals surface area contributed by atoms with Crippen LogP contribution in [0.4, 0.5) is 5.69 Å². The lowest BCUT2D eigenvalue weighted by Gasteiger charge is -2.09. The van der Waals surface area contributed by atoms with Gasteiger partial charge in [-0.2, -0.15) is 0 Å². The predicted octanol–water partition coefficient (Wildman–Crippen LogP) is 4.62. The molecule has 0 spiro atoms. The molecule has 0 saturated heterocycles. The fourth-order valence-corrected chi connectivity index (χ4v) is 3.24. The Morgan fingerprint density at radius 1 is 1.07 bits per heavy atom. The topological polar surface area (TPSA) is 81.9 Å². The lowest BCUT2D eigenvalue weighted by molar-refractivity contribution is 0.102. The minimum absolute atomic E-state index is 0.159. The normalized spacial score (nSPS) is 10.6. The third kappa shape index (κ3) is 4.60. The van der Waals surface area contributed by atoms with Crippen LogP contribution in [0.1, 0.15) is 16.2 Å². The SMILES string of the molecule is Cc1nccn1-c1cc(Oc2ccc(NC(=O)c3cccc(I)c3)cc2)ncn1. The molecule has 0 aliphatic heterocycles. The van der Waals surface area contributed by atoms with E-state index in [1.165, 1.54) is 6.33 Å². The van der Waals surface area contributed by atoms with Gasteiger partial charge in [0.25, 0.3) is 5.91 Å². The maximum Gasteiger partial charge on any atom is 0.255 e. The second-order valence-corrected chi connectivity index (χ2v) is 7.40. The molecule has 1 amide bonds. The van der Waals surface area contributed by atoms with Crippen molar-refractivity contribution in [3.05, 3.63) is 88.3 Å². The second-order valence-electron chi connectivity index (χ2n) is 6.15. The number of nitrogens with one attached hydrogen (secondary N) is 1. The number of imidazole rings is 1. The maximum absolute atomic E-state index is 12.3. The van der Waals surface area contributed by atoms with E-state index in [1.807, 2.05) is 35.9 Å². The highest BCUT2D eigenvalue weighted by Crippen LogP contribution is 2.23. The summed E-state index contributed by atoms with van der Waals surface area (Å²) in [6, 6.07) is 16.3. The summed E-state index contributed by atoms with van der Waals surface area (Å²) in [5.74, 6) is 2.35. The highest BCUT2D eigenvalue weighted by Gasteiger charge is 2.08. The number of nitrogens with zero attached hydrogens (tertiary/aromatic N) is 4. The first-order chi connectivity index (χ1) is 14.1. The van der Waals surface area contributed by atoms with Crippen LogP contribution in [0.25, 0.3) is 5.82 Å². The minimum Gasteiger partial charge on any atom is -0.439 e. The number of anilines is 1. The number of benzene rings is 2. The highest BCUT2D eigenvalue weighted by molar-refractivity contribution is 14.1. The number of halogens is 1. The van der Waals surface area contributed by atoms with Crippen LogP contribution < -0.4 is 10.1 Å². The van der Waals surface area contributed by atoms with Gasteiger partial charge in [-0.1, -0.05) is 6.07 Å². The van der Waals surface area contributed by atoms with Crippen LogP contribution in [-0.2, 0) is 0 Å². The van der Waals surface area contributed by atoms with Crippen LogP contribution in [0.2, 0.25) is 0 Å². The average Bonchev–Trinajstić information content (AvgIpc) is 3.16. The molecule has 2 aromatic carbocycles. The van der Waals surface area contributed by atoms with Crippen molar-refractivity contribution >= 4 is 34.2 Å². The van der Waals surface area contributed by atoms with Crippen molar-refractivity contribution in [2.45, 2.75) is 6.92 Å². The number of carbonyl (C=O) groups excluding carboxylic acids is 1. The third-order valence-corrected chi connectivity index (χ3v) is 4.79. The van der Waals surface area contributed by atoms with Gasteiger partial charge in [0, 0.05) is 33.3 Å². The Labute approximate surface area is 180 Å². The molecular weight excluding hydrogens is 481 g/mol. The number of hydrogen-bond donors (Lipinski definition) is 1. The van der Waals surface area contributed by atoms with Gasteiger partial charge in [-0.25, -0.2) is 15.0 Å². The molecule has 0 aliphatic rings. The van der Waals surface area contributed by atoms with E-state index in [0.29, 0.717) is 28.7 Å². The zero-order chi connectivity index (χ0) is 20.2. The van der Waals surface area contributed by atoms with E-state index in [0.717, 1.165) is 9.39 Å². The standard InChI is InChI=1S/C21H16IN5O2/c1-14-23-9-10-27(14)19-12-20(25-13-24-19)29-18-7-5-17(6-8-18)26-21(28)15-3-2-4-16(22)11-15/h2-13H,1H3,(H,26,28). The zero-order valence-corrected chi connectivity index (χ0v) is 17.6. The quantitative estimate of drug-likeness (QED) is 0.407. The number of amides is 1. The van der Waals surface area contributed by atoms with Crippen molar-refractivity contribution < 1.29 is 9.53 Å². The first-order valence-electron chi connectivity index (χ1n) is 8.76. The third-order valence-electron chi connectivity index (χ3n) is 4.12. The molecule has 0 saturated carbocycles. The van der Waals surface area contributed by atoms with Gasteiger partial charge < -0.3 is 10.1 Å². The summed E-state index contributed by atoms with van der Waals surface area (Å²) < 4.78 is 8.67. The van der Waals surface area contributed by atoms with Crippen molar-refractivity contribution in [3.63, 3.8) is 0 Å². The first kappa shape index (κ1) is 19.1. The van der Waals surface area contributed by atoms with E-state index in [2.05, 4.69) is 42.9 Å². The molecule has 4 aromatic rings. The molecule has 0 bridgehead atoms. The van der Waals surface area contributed by atoms with Crippen molar-refractivity contribution in [1.29, 1.82) is 0 Å². The molecule has 0 atom stereocenters. The number of hydrogen-bond acceptors (Lipinski definition) is 5. The molecule has 4 rings (SSSR count). The van der Waals surface area contributed by atoms with Crippen molar-refractivity contribution in [2.75, 3.05) is 5.32 Å². The van der Waals surface area contributed by atoms with Gasteiger partial charge in [0.1, 0.15) is 23.7 Å². The molecule has 0 radical (unpaired) electrons. The van der Waals surface area contributed by atoms with E-state index in [-0.39, 0.29) is 5.91 Å². The number of ether oxygens (including phenoxy) is 1. The number of aromatic nitrogens is 4. The molecular formula is C21H16IN5O2. The minimum atomic E-state index is -0.159. The molecule has 0 unspecified atom stereocenters. The Hall–Kier alpha value is -3.27. The summed E-state index contributed by atoms with van der Waals surface area (Å²) in [5.41, 5.74) is 1.29. The molecule has 144 valence electrons. The van der Waals surface area contributed by atoms with Crippen LogP contribution in [0, 0.1) is 10.5 Å². The summed E-state index contributed by atoms with van der Waals surface area (Å²) in [6.45, 7) is 1.89. The van der Waals surface area contributed by atoms with Crippen LogP contribution in [-0.4, -0.2) is 25.4 Å². The summed E-state index contributed by atoms with van der Waals surface area (Å²) in [4.78, 5) is 24.9. The summed E-state index contributed by atoms with van der Waals surface area (Å²) >= 11 is 2.18. The van der Waals surface area contributed by atoms with E-state index >= 15 is 0 Å². The summed E-state index contributed by atoms with van der Waals surface area (Å²) in [7, 11) is 0. The molecule has 7 nitrogen and oxygen atoms in total. The Kier molecular flexibility index (Phi) is 5.52. The van der Waals surface area contributed by atoms with Crippen LogP contribution >= 0.6 is 22.6 Å². The number of carbonyl (C=O) groups is 1. The fourth-order valence-electron chi connectivity index (χ4n) is 2.70. The average molecular weight is 497 g/mol. The molecule has 1 N–H and O–H groups in total. The van der Waals surface area contributed by atoms with Crippen LogP contribution in [0.5, 0.6) is 11.6 Å². The van der Waals surface area contributed by atoms with Gasteiger partial charge in [-0.3, -0.25) is 9.36 Å². The van der Waals surface area contributed by atoms with Crippen molar-refractivity contribution in [1.82, 2.24) is 19.5 Å². The summed E-state index contributed by atoms with van der Waals surface area (Å²) in [6.07, 6.45) is 4.98. The van der Waals surface area contributed by atoms with E-state index < -0.39 is 0 Å². The highest BCUT2D eigenvalue weighted by atomic mass is 127. The van der Waals surface area contributed by atoms with Crippen LogP contribution in [0.15, 0.2) is 73.3 Å². The van der Waals surface area contributed by atoms with Crippen LogP contribution in [0.3, 0.4) is 0 Å². The molecule has 2 heterocycles. The van der Waals surface area contributed by atoms with E-state index in [1.54, 1.807) is 42.6 Å². The Morgan fingerprint density at radius 2 is 1.90 bits per heavy atom. The second kappa shape index (κ2) is 8.39. The smallest absolute Gasteiger partial charge is 0.255 e. The van der Waals surface area contributed by atoms with Gasteiger partial charge in [0.05, 0.1) is 0 Å². The van der Waals surface area contributed by atoms with Crippen molar-refractivity contribution in [3.8, 4) is 17.4 Å². The zero-order valence-electron chi connectivity index (χ0n) is 15.4. The van der Waals surface area contributed by atoms with Gasteiger partial charge >= 0.3 is 0 Å².